The van der Waals surface area contributed by atoms with Crippen molar-refractivity contribution in [1.29, 1.82) is 0 Å². The van der Waals surface area contributed by atoms with Crippen LogP contribution in [0.3, 0.4) is 0 Å². The van der Waals surface area contributed by atoms with Gasteiger partial charge in [-0.05, 0) is 50.2 Å². The molecule has 0 fully saturated rings. The van der Waals surface area contributed by atoms with E-state index in [4.69, 9.17) is 10.7 Å². The van der Waals surface area contributed by atoms with Crippen LogP contribution in [0.15, 0.2) is 36.4 Å². The van der Waals surface area contributed by atoms with Gasteiger partial charge in [0.05, 0.1) is 16.6 Å². The fourth-order valence-electron chi connectivity index (χ4n) is 3.11. The third-order valence-corrected chi connectivity index (χ3v) is 4.46. The van der Waals surface area contributed by atoms with E-state index in [1.165, 1.54) is 11.1 Å². The zero-order valence-electron chi connectivity index (χ0n) is 14.5. The zero-order chi connectivity index (χ0) is 17.3. The Labute approximate surface area is 142 Å². The highest BCUT2D eigenvalue weighted by molar-refractivity contribution is 6.08. The van der Waals surface area contributed by atoms with Gasteiger partial charge in [-0.1, -0.05) is 31.2 Å². The third-order valence-electron chi connectivity index (χ3n) is 4.46. The maximum absolute atomic E-state index is 11.9. The summed E-state index contributed by atoms with van der Waals surface area (Å²) in [5, 5.41) is 2.13. The molecule has 0 saturated heterocycles. The molecule has 0 aliphatic rings. The maximum atomic E-state index is 11.9. The molecule has 0 spiro atoms. The van der Waals surface area contributed by atoms with Gasteiger partial charge in [-0.15, -0.1) is 0 Å². The van der Waals surface area contributed by atoms with Crippen molar-refractivity contribution in [1.82, 2.24) is 9.88 Å². The van der Waals surface area contributed by atoms with Crippen LogP contribution in [-0.4, -0.2) is 36.4 Å². The number of fused-ring (bicyclic) bond motifs is 2. The minimum absolute atomic E-state index is 0.431. The lowest BCUT2D eigenvalue weighted by molar-refractivity contribution is 0.100. The summed E-state index contributed by atoms with van der Waals surface area (Å²) in [6.45, 7) is 3.06. The van der Waals surface area contributed by atoms with Crippen molar-refractivity contribution in [2.24, 2.45) is 5.73 Å². The summed E-state index contributed by atoms with van der Waals surface area (Å²) in [5.74, 6) is -0.431. The van der Waals surface area contributed by atoms with Crippen LogP contribution in [0.4, 0.5) is 0 Å². The lowest BCUT2D eigenvalue weighted by Gasteiger charge is -2.14. The van der Waals surface area contributed by atoms with Gasteiger partial charge < -0.3 is 10.6 Å². The SMILES string of the molecule is CCc1cccc2cc3c(CCN(C)C)ccc(C(N)=O)c3nc12. The summed E-state index contributed by atoms with van der Waals surface area (Å²) in [5.41, 5.74) is 10.1. The average Bonchev–Trinajstić information content (AvgIpc) is 2.56. The van der Waals surface area contributed by atoms with E-state index in [-0.39, 0.29) is 0 Å². The van der Waals surface area contributed by atoms with E-state index in [9.17, 15) is 4.79 Å². The predicted octanol–water partition coefficient (Wildman–Crippen LogP) is 3.15. The minimum Gasteiger partial charge on any atom is -0.366 e. The number of carbonyl (C=O) groups is 1. The number of benzene rings is 2. The van der Waals surface area contributed by atoms with Crippen LogP contribution >= 0.6 is 0 Å². The highest BCUT2D eigenvalue weighted by Gasteiger charge is 2.14. The molecule has 0 aliphatic carbocycles. The van der Waals surface area contributed by atoms with Crippen molar-refractivity contribution < 1.29 is 4.79 Å². The standard InChI is InChI=1S/C20H23N3O/c1-4-13-6-5-7-15-12-17-14(10-11-23(2)3)8-9-16(20(21)24)19(17)22-18(13)15/h5-9,12H,4,10-11H2,1-3H3,(H2,21,24). The highest BCUT2D eigenvalue weighted by atomic mass is 16.1. The van der Waals surface area contributed by atoms with Crippen molar-refractivity contribution >= 4 is 27.7 Å². The molecule has 24 heavy (non-hydrogen) atoms. The molecule has 1 heterocycles. The molecule has 4 nitrogen and oxygen atoms in total. The Morgan fingerprint density at radius 1 is 1.12 bits per heavy atom. The first-order valence-corrected chi connectivity index (χ1v) is 8.30. The molecule has 4 heteroatoms. The van der Waals surface area contributed by atoms with Gasteiger partial charge in [0.1, 0.15) is 0 Å². The number of rotatable bonds is 5. The maximum Gasteiger partial charge on any atom is 0.250 e. The minimum atomic E-state index is -0.431. The number of likely N-dealkylation sites (N-methyl/N-ethyl adjacent to an activating group) is 1. The van der Waals surface area contributed by atoms with E-state index in [0.717, 1.165) is 35.7 Å². The van der Waals surface area contributed by atoms with E-state index in [1.54, 1.807) is 0 Å². The number of para-hydroxylation sites is 1. The number of nitrogens with two attached hydrogens (primary N) is 1. The Kier molecular flexibility index (Phi) is 4.49. The summed E-state index contributed by atoms with van der Waals surface area (Å²) in [6, 6.07) is 12.2. The first-order valence-electron chi connectivity index (χ1n) is 8.30. The molecule has 2 N–H and O–H groups in total. The number of carbonyl (C=O) groups excluding carboxylic acids is 1. The number of hydrogen-bond acceptors (Lipinski definition) is 3. The third kappa shape index (κ3) is 2.97. The Morgan fingerprint density at radius 2 is 1.92 bits per heavy atom. The summed E-state index contributed by atoms with van der Waals surface area (Å²) >= 11 is 0. The van der Waals surface area contributed by atoms with Crippen LogP contribution in [0.25, 0.3) is 21.8 Å². The largest absolute Gasteiger partial charge is 0.366 e. The van der Waals surface area contributed by atoms with Crippen LogP contribution in [-0.2, 0) is 12.8 Å². The van der Waals surface area contributed by atoms with Gasteiger partial charge in [-0.3, -0.25) is 4.79 Å². The van der Waals surface area contributed by atoms with Crippen LogP contribution in [0.2, 0.25) is 0 Å². The van der Waals surface area contributed by atoms with Gasteiger partial charge in [-0.2, -0.15) is 0 Å². The molecule has 1 aromatic heterocycles. The lowest BCUT2D eigenvalue weighted by atomic mass is 9.98. The second-order valence-electron chi connectivity index (χ2n) is 6.42. The lowest BCUT2D eigenvalue weighted by Crippen LogP contribution is -2.16. The molecule has 3 rings (SSSR count). The number of primary amides is 1. The van der Waals surface area contributed by atoms with Crippen molar-refractivity contribution in [3.8, 4) is 0 Å². The van der Waals surface area contributed by atoms with Crippen molar-refractivity contribution in [3.63, 3.8) is 0 Å². The van der Waals surface area contributed by atoms with Crippen LogP contribution in [0, 0.1) is 0 Å². The van der Waals surface area contributed by atoms with E-state index >= 15 is 0 Å². The molecule has 0 bridgehead atoms. The summed E-state index contributed by atoms with van der Waals surface area (Å²) in [4.78, 5) is 18.9. The molecule has 0 atom stereocenters. The van der Waals surface area contributed by atoms with Gasteiger partial charge in [-0.25, -0.2) is 4.98 Å². The number of aromatic nitrogens is 1. The predicted molar refractivity (Wildman–Crippen MR) is 99.4 cm³/mol. The summed E-state index contributed by atoms with van der Waals surface area (Å²) < 4.78 is 0. The molecule has 0 unspecified atom stereocenters. The zero-order valence-corrected chi connectivity index (χ0v) is 14.5. The topological polar surface area (TPSA) is 59.2 Å². The van der Waals surface area contributed by atoms with Gasteiger partial charge in [0.25, 0.3) is 5.91 Å². The van der Waals surface area contributed by atoms with Gasteiger partial charge in [0.2, 0.25) is 0 Å². The first-order chi connectivity index (χ1) is 11.5. The summed E-state index contributed by atoms with van der Waals surface area (Å²) in [7, 11) is 4.11. The number of aryl methyl sites for hydroxylation is 1. The second-order valence-corrected chi connectivity index (χ2v) is 6.42. The summed E-state index contributed by atoms with van der Waals surface area (Å²) in [6.07, 6.45) is 1.81. The number of pyridine rings is 1. The molecule has 0 aliphatic heterocycles. The molecule has 1 amide bonds. The first kappa shape index (κ1) is 16.4. The fourth-order valence-corrected chi connectivity index (χ4v) is 3.11. The Balaban J connectivity index is 2.31. The van der Waals surface area contributed by atoms with Crippen LogP contribution in [0.1, 0.15) is 28.4 Å². The monoisotopic (exact) mass is 321 g/mol. The Morgan fingerprint density at radius 3 is 2.58 bits per heavy atom. The van der Waals surface area contributed by atoms with Crippen LogP contribution in [0.5, 0.6) is 0 Å². The molecule has 2 aromatic carbocycles. The number of amides is 1. The van der Waals surface area contributed by atoms with Crippen molar-refractivity contribution in [2.75, 3.05) is 20.6 Å². The normalized spacial score (nSPS) is 11.5. The number of hydrogen-bond donors (Lipinski definition) is 1. The van der Waals surface area contributed by atoms with E-state index in [2.05, 4.69) is 50.2 Å². The van der Waals surface area contributed by atoms with Gasteiger partial charge in [0.15, 0.2) is 0 Å². The van der Waals surface area contributed by atoms with E-state index in [1.807, 2.05) is 12.1 Å². The number of nitrogens with zero attached hydrogens (tertiary/aromatic N) is 2. The molecular weight excluding hydrogens is 298 g/mol. The average molecular weight is 321 g/mol. The fraction of sp³-hybridized carbons (Fsp3) is 0.300. The second kappa shape index (κ2) is 6.57. The van der Waals surface area contributed by atoms with Crippen molar-refractivity contribution in [3.05, 3.63) is 53.1 Å². The quantitative estimate of drug-likeness (QED) is 0.734. The Hall–Kier alpha value is -2.46. The molecule has 3 aromatic rings. The van der Waals surface area contributed by atoms with Gasteiger partial charge in [0, 0.05) is 17.3 Å². The smallest absolute Gasteiger partial charge is 0.250 e. The van der Waals surface area contributed by atoms with E-state index in [0.29, 0.717) is 11.1 Å². The Bertz CT molecular complexity index is 916. The molecule has 0 radical (unpaired) electrons. The molecular formula is C20H23N3O. The van der Waals surface area contributed by atoms with Gasteiger partial charge >= 0.3 is 0 Å². The highest BCUT2D eigenvalue weighted by Crippen LogP contribution is 2.28. The van der Waals surface area contributed by atoms with Crippen molar-refractivity contribution in [2.45, 2.75) is 19.8 Å². The molecule has 0 saturated carbocycles. The van der Waals surface area contributed by atoms with Crippen LogP contribution < -0.4 is 5.73 Å². The van der Waals surface area contributed by atoms with E-state index < -0.39 is 5.91 Å². The molecule has 124 valence electrons.